The van der Waals surface area contributed by atoms with E-state index in [-0.39, 0.29) is 18.9 Å². The van der Waals surface area contributed by atoms with Gasteiger partial charge in [0.2, 0.25) is 0 Å². The van der Waals surface area contributed by atoms with Crippen LogP contribution in [0, 0.1) is 0 Å². The number of hydrogen-bond donors (Lipinski definition) is 1. The minimum Gasteiger partial charge on any atom is -0.479 e. The Morgan fingerprint density at radius 1 is 1.08 bits per heavy atom. The molecule has 0 aliphatic carbocycles. The number of aliphatic carboxylic acids is 1. The van der Waals surface area contributed by atoms with E-state index in [1.54, 1.807) is 12.1 Å². The normalized spacial score (nSPS) is 21.0. The first kappa shape index (κ1) is 17.7. The maximum atomic E-state index is 12.9. The molecule has 6 nitrogen and oxygen atoms in total. The van der Waals surface area contributed by atoms with Gasteiger partial charge in [-0.2, -0.15) is 0 Å². The number of carbonyl (C=O) groups excluding carboxylic acids is 1. The molecule has 1 atom stereocenters. The Bertz CT molecular complexity index is 846. The van der Waals surface area contributed by atoms with Crippen LogP contribution in [0.1, 0.15) is 23.7 Å². The van der Waals surface area contributed by atoms with Crippen molar-refractivity contribution in [1.82, 2.24) is 4.90 Å². The predicted octanol–water partition coefficient (Wildman–Crippen LogP) is 3.05. The number of carboxylic acid groups (broad SMARTS) is 1. The van der Waals surface area contributed by atoms with Gasteiger partial charge in [-0.15, -0.1) is 0 Å². The van der Waals surface area contributed by atoms with Crippen LogP contribution in [0.4, 0.5) is 0 Å². The molecule has 1 aliphatic heterocycles. The highest BCUT2D eigenvalue weighted by Crippen LogP contribution is 2.30. The van der Waals surface area contributed by atoms with Crippen LogP contribution in [0.15, 0.2) is 59.8 Å². The van der Waals surface area contributed by atoms with Crippen LogP contribution >= 0.6 is 0 Å². The summed E-state index contributed by atoms with van der Waals surface area (Å²) in [5.41, 5.74) is 1.68. The zero-order valence-corrected chi connectivity index (χ0v) is 14.7. The lowest BCUT2D eigenvalue weighted by molar-refractivity contribution is -0.147. The molecule has 1 amide bonds. The maximum Gasteiger partial charge on any atom is 0.329 e. The summed E-state index contributed by atoms with van der Waals surface area (Å²) >= 11 is 0. The molecule has 1 fully saturated rings. The van der Waals surface area contributed by atoms with Crippen molar-refractivity contribution >= 4 is 17.6 Å². The van der Waals surface area contributed by atoms with Gasteiger partial charge in [0, 0.05) is 12.0 Å². The van der Waals surface area contributed by atoms with E-state index in [0.29, 0.717) is 11.3 Å². The number of rotatable bonds is 4. The average Bonchev–Trinajstić information content (AvgIpc) is 3.00. The van der Waals surface area contributed by atoms with Gasteiger partial charge in [-0.25, -0.2) is 4.79 Å². The van der Waals surface area contributed by atoms with Crippen molar-refractivity contribution in [3.8, 4) is 11.1 Å². The van der Waals surface area contributed by atoms with Crippen LogP contribution in [0.25, 0.3) is 11.1 Å². The second-order valence-corrected chi connectivity index (χ2v) is 6.43. The molecule has 2 aromatic carbocycles. The summed E-state index contributed by atoms with van der Waals surface area (Å²) in [5, 5.41) is 13.5. The van der Waals surface area contributed by atoms with E-state index in [4.69, 9.17) is 4.84 Å². The lowest BCUT2D eigenvalue weighted by Gasteiger charge is -2.30. The van der Waals surface area contributed by atoms with Crippen molar-refractivity contribution in [3.63, 3.8) is 0 Å². The fraction of sp³-hybridized carbons (Fsp3) is 0.250. The molecule has 0 radical (unpaired) electrons. The predicted molar refractivity (Wildman–Crippen MR) is 98.0 cm³/mol. The topological polar surface area (TPSA) is 79.2 Å². The molecule has 1 aliphatic rings. The molecule has 26 heavy (non-hydrogen) atoms. The third kappa shape index (κ3) is 3.18. The van der Waals surface area contributed by atoms with E-state index < -0.39 is 11.5 Å². The van der Waals surface area contributed by atoms with Crippen LogP contribution in [0.3, 0.4) is 0 Å². The SMILES string of the molecule is CON=C1CN(C(=O)c2ccc(-c3ccccc3)cc2)[C@](C)(C(=O)O)C1. The quantitative estimate of drug-likeness (QED) is 0.858. The van der Waals surface area contributed by atoms with Gasteiger partial charge < -0.3 is 14.8 Å². The van der Waals surface area contributed by atoms with E-state index in [9.17, 15) is 14.7 Å². The molecule has 3 rings (SSSR count). The number of likely N-dealkylation sites (tertiary alicyclic amines) is 1. The lowest BCUT2D eigenvalue weighted by atomic mass is 9.97. The zero-order chi connectivity index (χ0) is 18.7. The fourth-order valence-electron chi connectivity index (χ4n) is 3.17. The number of benzene rings is 2. The fourth-order valence-corrected chi connectivity index (χ4v) is 3.17. The largest absolute Gasteiger partial charge is 0.479 e. The molecule has 2 aromatic rings. The van der Waals surface area contributed by atoms with Crippen molar-refractivity contribution in [1.29, 1.82) is 0 Å². The summed E-state index contributed by atoms with van der Waals surface area (Å²) in [5.74, 6) is -1.40. The van der Waals surface area contributed by atoms with Gasteiger partial charge in [-0.05, 0) is 30.2 Å². The van der Waals surface area contributed by atoms with Crippen LogP contribution in [-0.2, 0) is 9.63 Å². The monoisotopic (exact) mass is 352 g/mol. The Labute approximate surface area is 151 Å². The number of carbonyl (C=O) groups is 2. The van der Waals surface area contributed by atoms with E-state index in [1.807, 2.05) is 42.5 Å². The summed E-state index contributed by atoms with van der Waals surface area (Å²) in [4.78, 5) is 30.8. The van der Waals surface area contributed by atoms with Crippen molar-refractivity contribution in [2.45, 2.75) is 18.9 Å². The Balaban J connectivity index is 1.88. The maximum absolute atomic E-state index is 12.9. The van der Waals surface area contributed by atoms with E-state index >= 15 is 0 Å². The summed E-state index contributed by atoms with van der Waals surface area (Å²) < 4.78 is 0. The molecule has 1 saturated heterocycles. The highest BCUT2D eigenvalue weighted by Gasteiger charge is 2.49. The van der Waals surface area contributed by atoms with Crippen molar-refractivity contribution in [3.05, 3.63) is 60.2 Å². The van der Waals surface area contributed by atoms with Gasteiger partial charge >= 0.3 is 5.97 Å². The number of oxime groups is 1. The Kier molecular flexibility index (Phi) is 4.75. The molecule has 0 saturated carbocycles. The summed E-state index contributed by atoms with van der Waals surface area (Å²) in [7, 11) is 1.40. The minimum absolute atomic E-state index is 0.135. The summed E-state index contributed by atoms with van der Waals surface area (Å²) in [6.45, 7) is 1.67. The standard InChI is InChI=1S/C20H20N2O4/c1-20(19(24)25)12-17(21-26-2)13-22(20)18(23)16-10-8-15(9-11-16)14-6-4-3-5-7-14/h3-11H,12-13H2,1-2H3,(H,24,25)/t20-/m0/s1. The second kappa shape index (κ2) is 7.00. The second-order valence-electron chi connectivity index (χ2n) is 6.43. The Hall–Kier alpha value is -3.15. The smallest absolute Gasteiger partial charge is 0.329 e. The number of amides is 1. The molecule has 0 spiro atoms. The molecule has 0 unspecified atom stereocenters. The highest BCUT2D eigenvalue weighted by molar-refractivity contribution is 6.06. The van der Waals surface area contributed by atoms with E-state index in [2.05, 4.69) is 5.16 Å². The highest BCUT2D eigenvalue weighted by atomic mass is 16.6. The van der Waals surface area contributed by atoms with Crippen LogP contribution in [-0.4, -0.2) is 46.8 Å². The van der Waals surface area contributed by atoms with Crippen LogP contribution in [0.5, 0.6) is 0 Å². The Morgan fingerprint density at radius 2 is 1.69 bits per heavy atom. The molecule has 1 heterocycles. The first-order valence-corrected chi connectivity index (χ1v) is 8.25. The van der Waals surface area contributed by atoms with Crippen molar-refractivity contribution in [2.75, 3.05) is 13.7 Å². The van der Waals surface area contributed by atoms with Gasteiger partial charge in [-0.1, -0.05) is 47.6 Å². The molecule has 0 bridgehead atoms. The van der Waals surface area contributed by atoms with Gasteiger partial charge in [0.25, 0.3) is 5.91 Å². The zero-order valence-electron chi connectivity index (χ0n) is 14.7. The third-order valence-corrected chi connectivity index (χ3v) is 4.65. The molecule has 6 heteroatoms. The Morgan fingerprint density at radius 3 is 2.27 bits per heavy atom. The first-order valence-electron chi connectivity index (χ1n) is 8.25. The average molecular weight is 352 g/mol. The molecular formula is C20H20N2O4. The van der Waals surface area contributed by atoms with Gasteiger partial charge in [0.05, 0.1) is 12.3 Å². The number of carboxylic acids is 1. The first-order chi connectivity index (χ1) is 12.5. The van der Waals surface area contributed by atoms with Gasteiger partial charge in [-0.3, -0.25) is 4.79 Å². The van der Waals surface area contributed by atoms with Crippen molar-refractivity contribution in [2.24, 2.45) is 5.16 Å². The van der Waals surface area contributed by atoms with Crippen molar-refractivity contribution < 1.29 is 19.5 Å². The summed E-state index contributed by atoms with van der Waals surface area (Å²) in [6, 6.07) is 17.0. The number of nitrogens with zero attached hydrogens (tertiary/aromatic N) is 2. The molecule has 1 N–H and O–H groups in total. The third-order valence-electron chi connectivity index (χ3n) is 4.65. The van der Waals surface area contributed by atoms with E-state index in [1.165, 1.54) is 18.9 Å². The molecule has 0 aromatic heterocycles. The van der Waals surface area contributed by atoms with Gasteiger partial charge in [0.15, 0.2) is 0 Å². The van der Waals surface area contributed by atoms with E-state index in [0.717, 1.165) is 11.1 Å². The lowest BCUT2D eigenvalue weighted by Crippen LogP contribution is -2.50. The molecular weight excluding hydrogens is 332 g/mol. The molecule has 134 valence electrons. The van der Waals surface area contributed by atoms with Crippen LogP contribution in [0.2, 0.25) is 0 Å². The van der Waals surface area contributed by atoms with Gasteiger partial charge in [0.1, 0.15) is 12.6 Å². The number of hydrogen-bond acceptors (Lipinski definition) is 4. The minimum atomic E-state index is -1.34. The summed E-state index contributed by atoms with van der Waals surface area (Å²) in [6.07, 6.45) is 0.143. The van der Waals surface area contributed by atoms with Crippen LogP contribution < -0.4 is 0 Å².